The van der Waals surface area contributed by atoms with E-state index in [-0.39, 0.29) is 5.56 Å². The van der Waals surface area contributed by atoms with Gasteiger partial charge in [0.05, 0.1) is 15.9 Å². The molecule has 0 atom stereocenters. The number of rotatable bonds is 4. The molecule has 3 aromatic carbocycles. The second-order valence-electron chi connectivity index (χ2n) is 7.63. The fourth-order valence-electron chi connectivity index (χ4n) is 3.72. The lowest BCUT2D eigenvalue weighted by Crippen LogP contribution is -2.23. The maximum Gasteiger partial charge on any atom is 0.291 e. The van der Waals surface area contributed by atoms with E-state index < -0.39 is 0 Å². The van der Waals surface area contributed by atoms with E-state index in [4.69, 9.17) is 5.10 Å². The lowest BCUT2D eigenvalue weighted by Gasteiger charge is -2.00. The van der Waals surface area contributed by atoms with Gasteiger partial charge in [-0.2, -0.15) is 14.6 Å². The third kappa shape index (κ3) is 3.76. The van der Waals surface area contributed by atoms with Gasteiger partial charge in [0.2, 0.25) is 4.96 Å². The van der Waals surface area contributed by atoms with E-state index >= 15 is 0 Å². The molecule has 0 aliphatic heterocycles. The van der Waals surface area contributed by atoms with Gasteiger partial charge in [-0.15, -0.1) is 5.10 Å². The minimum atomic E-state index is -0.192. The first-order chi connectivity index (χ1) is 16.7. The van der Waals surface area contributed by atoms with Crippen LogP contribution in [0.5, 0.6) is 0 Å². The van der Waals surface area contributed by atoms with Crippen LogP contribution in [0, 0.1) is 0 Å². The van der Waals surface area contributed by atoms with Gasteiger partial charge in [0.15, 0.2) is 5.82 Å². The van der Waals surface area contributed by atoms with Crippen LogP contribution in [-0.2, 0) is 0 Å². The normalized spacial score (nSPS) is 12.0. The molecule has 0 amide bonds. The van der Waals surface area contributed by atoms with Gasteiger partial charge in [-0.05, 0) is 30.3 Å². The van der Waals surface area contributed by atoms with Crippen LogP contribution in [0.4, 0.5) is 0 Å². The molecule has 8 heteroatoms. The average Bonchev–Trinajstić information content (AvgIpc) is 3.56. The van der Waals surface area contributed by atoms with E-state index in [2.05, 4.69) is 26.0 Å². The first kappa shape index (κ1) is 20.7. The first-order valence-electron chi connectivity index (χ1n) is 10.5. The van der Waals surface area contributed by atoms with Gasteiger partial charge in [0.1, 0.15) is 0 Å². The Labute approximate surface area is 206 Å². The SMILES string of the molecule is O=c1c(=Cc2cn(-c3ccccc3)nc2-c2ccccc2)sc2nc(-c3ccc(Br)cc3)nn12. The Morgan fingerprint density at radius 1 is 0.824 bits per heavy atom. The highest BCUT2D eigenvalue weighted by Gasteiger charge is 2.15. The van der Waals surface area contributed by atoms with Crippen LogP contribution in [0.25, 0.3) is 39.4 Å². The summed E-state index contributed by atoms with van der Waals surface area (Å²) < 4.78 is 4.74. The number of aromatic nitrogens is 5. The minimum Gasteiger partial charge on any atom is -0.266 e. The molecule has 0 spiro atoms. The Hall–Kier alpha value is -3.88. The predicted octanol–water partition coefficient (Wildman–Crippen LogP) is 4.98. The number of nitrogens with zero attached hydrogens (tertiary/aromatic N) is 5. The standard InChI is InChI=1S/C26H16BrN5OS/c27-20-13-11-18(12-14-20)24-28-26-32(30-24)25(33)22(34-26)15-19-16-31(21-9-5-2-6-10-21)29-23(19)17-7-3-1-4-8-17/h1-16H. The van der Waals surface area contributed by atoms with Crippen LogP contribution in [-0.4, -0.2) is 24.4 Å². The molecule has 0 bridgehead atoms. The number of thiazole rings is 1. The van der Waals surface area contributed by atoms with E-state index in [1.807, 2.05) is 102 Å². The van der Waals surface area contributed by atoms with Crippen LogP contribution in [0.2, 0.25) is 0 Å². The summed E-state index contributed by atoms with van der Waals surface area (Å²) in [5, 5.41) is 9.28. The summed E-state index contributed by atoms with van der Waals surface area (Å²) in [4.78, 5) is 18.3. The van der Waals surface area contributed by atoms with E-state index in [1.165, 1.54) is 15.9 Å². The molecule has 0 N–H and O–H groups in total. The number of benzene rings is 3. The van der Waals surface area contributed by atoms with Gasteiger partial charge >= 0.3 is 0 Å². The fourth-order valence-corrected chi connectivity index (χ4v) is 4.89. The Morgan fingerprint density at radius 3 is 2.24 bits per heavy atom. The van der Waals surface area contributed by atoms with Crippen LogP contribution in [0.15, 0.2) is 100 Å². The third-order valence-corrected chi connectivity index (χ3v) is 6.87. The van der Waals surface area contributed by atoms with Crippen molar-refractivity contribution in [2.75, 3.05) is 0 Å². The number of para-hydroxylation sites is 1. The zero-order valence-corrected chi connectivity index (χ0v) is 20.1. The Morgan fingerprint density at radius 2 is 1.53 bits per heavy atom. The quantitative estimate of drug-likeness (QED) is 0.325. The highest BCUT2D eigenvalue weighted by Crippen LogP contribution is 2.24. The zero-order chi connectivity index (χ0) is 23.1. The van der Waals surface area contributed by atoms with Crippen molar-refractivity contribution >= 4 is 38.3 Å². The molecule has 0 saturated carbocycles. The van der Waals surface area contributed by atoms with E-state index in [1.54, 1.807) is 0 Å². The molecule has 164 valence electrons. The smallest absolute Gasteiger partial charge is 0.266 e. The van der Waals surface area contributed by atoms with Gasteiger partial charge in [-0.25, -0.2) is 4.68 Å². The van der Waals surface area contributed by atoms with Crippen LogP contribution >= 0.6 is 27.3 Å². The molecule has 0 radical (unpaired) electrons. The van der Waals surface area contributed by atoms with Crippen molar-refractivity contribution in [3.8, 4) is 28.3 Å². The fraction of sp³-hybridized carbons (Fsp3) is 0. The molecule has 3 aromatic heterocycles. The molecule has 6 aromatic rings. The highest BCUT2D eigenvalue weighted by atomic mass is 79.9. The molecule has 0 fully saturated rings. The number of hydrogen-bond donors (Lipinski definition) is 0. The van der Waals surface area contributed by atoms with Crippen molar-refractivity contribution in [3.05, 3.63) is 116 Å². The summed E-state index contributed by atoms with van der Waals surface area (Å²) >= 11 is 4.75. The van der Waals surface area contributed by atoms with Gasteiger partial charge in [0.25, 0.3) is 5.56 Å². The first-order valence-corrected chi connectivity index (χ1v) is 12.1. The van der Waals surface area contributed by atoms with Crippen molar-refractivity contribution in [3.63, 3.8) is 0 Å². The summed E-state index contributed by atoms with van der Waals surface area (Å²) in [7, 11) is 0. The second kappa shape index (κ2) is 8.48. The van der Waals surface area contributed by atoms with Gasteiger partial charge in [-0.1, -0.05) is 87.9 Å². The molecule has 3 heterocycles. The largest absolute Gasteiger partial charge is 0.291 e. The monoisotopic (exact) mass is 525 g/mol. The maximum absolute atomic E-state index is 13.2. The average molecular weight is 526 g/mol. The van der Waals surface area contributed by atoms with Crippen molar-refractivity contribution in [2.24, 2.45) is 0 Å². The highest BCUT2D eigenvalue weighted by molar-refractivity contribution is 9.10. The Bertz CT molecular complexity index is 1720. The summed E-state index contributed by atoms with van der Waals surface area (Å²) in [5.74, 6) is 0.532. The van der Waals surface area contributed by atoms with Crippen molar-refractivity contribution in [1.82, 2.24) is 24.4 Å². The van der Waals surface area contributed by atoms with Crippen molar-refractivity contribution in [1.29, 1.82) is 0 Å². The molecule has 6 nitrogen and oxygen atoms in total. The minimum absolute atomic E-state index is 0.192. The Kier molecular flexibility index (Phi) is 5.16. The topological polar surface area (TPSA) is 65.1 Å². The number of hydrogen-bond acceptors (Lipinski definition) is 5. The summed E-state index contributed by atoms with van der Waals surface area (Å²) in [6, 6.07) is 27.6. The van der Waals surface area contributed by atoms with Crippen LogP contribution in [0.3, 0.4) is 0 Å². The molecule has 0 unspecified atom stereocenters. The number of fused-ring (bicyclic) bond motifs is 1. The third-order valence-electron chi connectivity index (χ3n) is 5.38. The van der Waals surface area contributed by atoms with Gasteiger partial charge in [-0.3, -0.25) is 4.79 Å². The van der Waals surface area contributed by atoms with Gasteiger partial charge in [0, 0.05) is 27.4 Å². The lowest BCUT2D eigenvalue weighted by molar-refractivity contribution is 0.884. The predicted molar refractivity (Wildman–Crippen MR) is 138 cm³/mol. The molecule has 6 rings (SSSR count). The summed E-state index contributed by atoms with van der Waals surface area (Å²) in [6.45, 7) is 0. The molecule has 0 saturated heterocycles. The summed E-state index contributed by atoms with van der Waals surface area (Å²) in [5.41, 5.74) is 4.25. The van der Waals surface area contributed by atoms with E-state index in [9.17, 15) is 4.79 Å². The second-order valence-corrected chi connectivity index (χ2v) is 9.56. The Balaban J connectivity index is 1.48. The maximum atomic E-state index is 13.2. The molecule has 0 aliphatic rings. The molecule has 0 aliphatic carbocycles. The lowest BCUT2D eigenvalue weighted by atomic mass is 10.1. The number of halogens is 1. The van der Waals surface area contributed by atoms with E-state index in [0.29, 0.717) is 15.3 Å². The zero-order valence-electron chi connectivity index (χ0n) is 17.7. The van der Waals surface area contributed by atoms with Crippen LogP contribution in [0.1, 0.15) is 5.56 Å². The van der Waals surface area contributed by atoms with Crippen LogP contribution < -0.4 is 10.1 Å². The molecular weight excluding hydrogens is 510 g/mol. The van der Waals surface area contributed by atoms with E-state index in [0.717, 1.165) is 32.5 Å². The van der Waals surface area contributed by atoms with Crippen molar-refractivity contribution < 1.29 is 0 Å². The van der Waals surface area contributed by atoms with Gasteiger partial charge < -0.3 is 0 Å². The molecular formula is C26H16BrN5OS. The molecule has 34 heavy (non-hydrogen) atoms. The van der Waals surface area contributed by atoms with Crippen molar-refractivity contribution in [2.45, 2.75) is 0 Å². The summed E-state index contributed by atoms with van der Waals surface area (Å²) in [6.07, 6.45) is 3.82.